The van der Waals surface area contributed by atoms with Gasteiger partial charge in [-0.2, -0.15) is 13.2 Å². The first-order chi connectivity index (χ1) is 13.3. The molecule has 1 saturated heterocycles. The number of hydrogen-bond acceptors (Lipinski definition) is 3. The van der Waals surface area contributed by atoms with Crippen LogP contribution < -0.4 is 10.2 Å². The first kappa shape index (κ1) is 21.2. The minimum absolute atomic E-state index is 0.109. The lowest BCUT2D eigenvalue weighted by Gasteiger charge is -2.36. The van der Waals surface area contributed by atoms with Gasteiger partial charge < -0.3 is 15.1 Å². The van der Waals surface area contributed by atoms with Gasteiger partial charge in [-0.05, 0) is 44.0 Å². The van der Waals surface area contributed by atoms with Gasteiger partial charge in [0.05, 0.1) is 17.3 Å². The van der Waals surface area contributed by atoms with E-state index in [2.05, 4.69) is 22.0 Å². The van der Waals surface area contributed by atoms with E-state index in [9.17, 15) is 18.0 Å². The Morgan fingerprint density at radius 3 is 2.57 bits per heavy atom. The highest BCUT2D eigenvalue weighted by Crippen LogP contribution is 2.40. The van der Waals surface area contributed by atoms with Crippen LogP contribution >= 0.6 is 11.6 Å². The molecule has 1 N–H and O–H groups in total. The quantitative estimate of drug-likeness (QED) is 0.765. The van der Waals surface area contributed by atoms with Crippen molar-refractivity contribution in [3.05, 3.63) is 23.2 Å². The van der Waals surface area contributed by atoms with E-state index in [1.807, 2.05) is 6.07 Å². The van der Waals surface area contributed by atoms with E-state index in [1.54, 1.807) is 12.1 Å². The molecular formula is C20H27ClF3N3O. The molecule has 4 nitrogen and oxygen atoms in total. The highest BCUT2D eigenvalue weighted by Gasteiger charge is 2.43. The second-order valence-electron chi connectivity index (χ2n) is 7.67. The molecule has 0 spiro atoms. The highest BCUT2D eigenvalue weighted by atomic mass is 35.5. The van der Waals surface area contributed by atoms with Gasteiger partial charge in [-0.1, -0.05) is 24.9 Å². The van der Waals surface area contributed by atoms with E-state index in [-0.39, 0.29) is 18.7 Å². The lowest BCUT2D eigenvalue weighted by molar-refractivity contribution is -0.185. The van der Waals surface area contributed by atoms with Crippen LogP contribution in [-0.4, -0.2) is 49.7 Å². The standard InChI is InChI=1S/C20H27ClF3N3O/c1-2-26-8-10-27(11-9-26)18-7-6-16(21)13-17(18)25-19(28)14-4-3-5-15(12-14)20(22,23)24/h6-7,13-15H,2-5,8-12H2,1H3,(H,25,28). The summed E-state index contributed by atoms with van der Waals surface area (Å²) in [5.74, 6) is -2.35. The zero-order valence-corrected chi connectivity index (χ0v) is 16.8. The lowest BCUT2D eigenvalue weighted by Crippen LogP contribution is -2.46. The van der Waals surface area contributed by atoms with Crippen molar-refractivity contribution in [2.45, 2.75) is 38.8 Å². The number of likely N-dealkylation sites (N-methyl/N-ethyl adjacent to an activating group) is 1. The zero-order valence-electron chi connectivity index (χ0n) is 16.1. The number of rotatable bonds is 4. The summed E-state index contributed by atoms with van der Waals surface area (Å²) < 4.78 is 39.2. The number of halogens is 4. The summed E-state index contributed by atoms with van der Waals surface area (Å²) in [6, 6.07) is 5.34. The Bertz CT molecular complexity index is 690. The summed E-state index contributed by atoms with van der Waals surface area (Å²) in [7, 11) is 0. The minimum Gasteiger partial charge on any atom is -0.367 e. The summed E-state index contributed by atoms with van der Waals surface area (Å²) in [6.45, 7) is 6.66. The largest absolute Gasteiger partial charge is 0.391 e. The van der Waals surface area contributed by atoms with Crippen molar-refractivity contribution in [1.82, 2.24) is 4.90 Å². The fraction of sp³-hybridized carbons (Fsp3) is 0.650. The summed E-state index contributed by atoms with van der Waals surface area (Å²) in [4.78, 5) is 17.3. The van der Waals surface area contributed by atoms with E-state index in [1.165, 1.54) is 0 Å². The molecule has 28 heavy (non-hydrogen) atoms. The van der Waals surface area contributed by atoms with Crippen LogP contribution in [0, 0.1) is 11.8 Å². The fourth-order valence-corrected chi connectivity index (χ4v) is 4.32. The average molecular weight is 418 g/mol. The number of carbonyl (C=O) groups is 1. The monoisotopic (exact) mass is 417 g/mol. The van der Waals surface area contributed by atoms with Gasteiger partial charge in [0.1, 0.15) is 0 Å². The maximum absolute atomic E-state index is 13.1. The molecule has 1 aromatic rings. The number of hydrogen-bond donors (Lipinski definition) is 1. The van der Waals surface area contributed by atoms with E-state index in [0.717, 1.165) is 38.4 Å². The average Bonchev–Trinajstić information content (AvgIpc) is 2.68. The first-order valence-corrected chi connectivity index (χ1v) is 10.3. The number of alkyl halides is 3. The van der Waals surface area contributed by atoms with Gasteiger partial charge >= 0.3 is 6.18 Å². The summed E-state index contributed by atoms with van der Waals surface area (Å²) >= 11 is 6.13. The third kappa shape index (κ3) is 5.11. The molecule has 0 radical (unpaired) electrons. The smallest absolute Gasteiger partial charge is 0.367 e. The van der Waals surface area contributed by atoms with Crippen LogP contribution in [0.15, 0.2) is 18.2 Å². The second-order valence-corrected chi connectivity index (χ2v) is 8.11. The van der Waals surface area contributed by atoms with E-state index >= 15 is 0 Å². The molecule has 8 heteroatoms. The number of anilines is 2. The van der Waals surface area contributed by atoms with E-state index in [4.69, 9.17) is 11.6 Å². The Labute approximate surface area is 169 Å². The number of piperazine rings is 1. The molecule has 2 aliphatic rings. The number of nitrogens with one attached hydrogen (secondary N) is 1. The van der Waals surface area contributed by atoms with Crippen molar-refractivity contribution in [1.29, 1.82) is 0 Å². The first-order valence-electron chi connectivity index (χ1n) is 9.92. The normalized spacial score (nSPS) is 24.2. The maximum Gasteiger partial charge on any atom is 0.391 e. The van der Waals surface area contributed by atoms with Crippen LogP contribution in [0.25, 0.3) is 0 Å². The SMILES string of the molecule is CCN1CCN(c2ccc(Cl)cc2NC(=O)C2CCCC(C(F)(F)F)C2)CC1. The Morgan fingerprint density at radius 1 is 1.21 bits per heavy atom. The van der Waals surface area contributed by atoms with E-state index < -0.39 is 18.0 Å². The molecule has 1 aliphatic heterocycles. The zero-order chi connectivity index (χ0) is 20.3. The van der Waals surface area contributed by atoms with E-state index in [0.29, 0.717) is 23.6 Å². The van der Waals surface area contributed by atoms with Crippen LogP contribution in [0.2, 0.25) is 5.02 Å². The van der Waals surface area contributed by atoms with Crippen molar-refractivity contribution >= 4 is 28.9 Å². The van der Waals surface area contributed by atoms with Crippen LogP contribution in [0.1, 0.15) is 32.6 Å². The molecule has 0 aromatic heterocycles. The molecule has 3 rings (SSSR count). The highest BCUT2D eigenvalue weighted by molar-refractivity contribution is 6.31. The molecule has 1 amide bonds. The third-order valence-corrected chi connectivity index (χ3v) is 6.12. The van der Waals surface area contributed by atoms with Gasteiger partial charge in [0.2, 0.25) is 5.91 Å². The Kier molecular flexibility index (Phi) is 6.76. The van der Waals surface area contributed by atoms with Crippen molar-refractivity contribution in [3.8, 4) is 0 Å². The summed E-state index contributed by atoms with van der Waals surface area (Å²) in [5, 5.41) is 3.36. The second kappa shape index (κ2) is 8.91. The molecule has 2 unspecified atom stereocenters. The van der Waals surface area contributed by atoms with Crippen LogP contribution in [0.5, 0.6) is 0 Å². The molecular weight excluding hydrogens is 391 g/mol. The molecule has 2 fully saturated rings. The Hall–Kier alpha value is -1.47. The molecule has 1 aromatic carbocycles. The van der Waals surface area contributed by atoms with Crippen LogP contribution in [-0.2, 0) is 4.79 Å². The van der Waals surface area contributed by atoms with Gasteiger partial charge in [0, 0.05) is 37.1 Å². The predicted molar refractivity (Wildman–Crippen MR) is 106 cm³/mol. The van der Waals surface area contributed by atoms with Crippen molar-refractivity contribution in [2.24, 2.45) is 11.8 Å². The topological polar surface area (TPSA) is 35.6 Å². The van der Waals surface area contributed by atoms with Crippen molar-refractivity contribution in [2.75, 3.05) is 42.9 Å². The van der Waals surface area contributed by atoms with Gasteiger partial charge in [0.15, 0.2) is 0 Å². The van der Waals surface area contributed by atoms with Gasteiger partial charge in [-0.15, -0.1) is 0 Å². The van der Waals surface area contributed by atoms with Crippen molar-refractivity contribution < 1.29 is 18.0 Å². The molecule has 1 heterocycles. The molecule has 0 bridgehead atoms. The Morgan fingerprint density at radius 2 is 1.93 bits per heavy atom. The summed E-state index contributed by atoms with van der Waals surface area (Å²) in [5.41, 5.74) is 1.45. The lowest BCUT2D eigenvalue weighted by atomic mass is 9.80. The van der Waals surface area contributed by atoms with Gasteiger partial charge in [0.25, 0.3) is 0 Å². The third-order valence-electron chi connectivity index (χ3n) is 5.88. The minimum atomic E-state index is -4.24. The number of nitrogens with zero attached hydrogens (tertiary/aromatic N) is 2. The van der Waals surface area contributed by atoms with Crippen LogP contribution in [0.3, 0.4) is 0 Å². The molecule has 1 saturated carbocycles. The molecule has 1 aliphatic carbocycles. The fourth-order valence-electron chi connectivity index (χ4n) is 4.15. The van der Waals surface area contributed by atoms with Crippen LogP contribution in [0.4, 0.5) is 24.5 Å². The maximum atomic E-state index is 13.1. The van der Waals surface area contributed by atoms with Gasteiger partial charge in [-0.25, -0.2) is 0 Å². The van der Waals surface area contributed by atoms with Gasteiger partial charge in [-0.3, -0.25) is 4.79 Å². The Balaban J connectivity index is 1.71. The molecule has 156 valence electrons. The summed E-state index contributed by atoms with van der Waals surface area (Å²) in [6.07, 6.45) is -3.36. The number of amides is 1. The van der Waals surface area contributed by atoms with Crippen molar-refractivity contribution in [3.63, 3.8) is 0 Å². The molecule has 2 atom stereocenters. The number of benzene rings is 1. The number of carbonyl (C=O) groups excluding carboxylic acids is 1. The predicted octanol–water partition coefficient (Wildman–Crippen LogP) is 4.79.